The van der Waals surface area contributed by atoms with Gasteiger partial charge in [-0.3, -0.25) is 0 Å². The van der Waals surface area contributed by atoms with Crippen molar-refractivity contribution in [3.63, 3.8) is 0 Å². The second-order valence-electron chi connectivity index (χ2n) is 9.67. The lowest BCUT2D eigenvalue weighted by Gasteiger charge is -2.31. The smallest absolute Gasteiger partial charge is 0.408 e. The number of ether oxygens (including phenoxy) is 2. The summed E-state index contributed by atoms with van der Waals surface area (Å²) in [4.78, 5) is 24.1. The number of alkyl carbamates (subject to hydrolysis) is 1. The van der Waals surface area contributed by atoms with Crippen molar-refractivity contribution in [3.8, 4) is 0 Å². The number of benzene rings is 2. The Bertz CT molecular complexity index is 951. The van der Waals surface area contributed by atoms with Crippen LogP contribution in [0, 0.1) is 13.8 Å². The van der Waals surface area contributed by atoms with Gasteiger partial charge in [-0.05, 0) is 82.9 Å². The zero-order chi connectivity index (χ0) is 25.0. The molecule has 1 N–H and O–H groups in total. The van der Waals surface area contributed by atoms with Crippen molar-refractivity contribution < 1.29 is 19.1 Å². The van der Waals surface area contributed by atoms with Crippen LogP contribution in [0.15, 0.2) is 36.4 Å². The van der Waals surface area contributed by atoms with E-state index in [1.54, 1.807) is 27.7 Å². The molecule has 0 aliphatic heterocycles. The van der Waals surface area contributed by atoms with Gasteiger partial charge in [-0.1, -0.05) is 47.5 Å². The van der Waals surface area contributed by atoms with Crippen LogP contribution in [0.1, 0.15) is 62.8 Å². The van der Waals surface area contributed by atoms with Crippen LogP contribution < -0.4 is 5.32 Å². The minimum Gasteiger partial charge on any atom is -0.444 e. The number of aryl methyl sites for hydroxylation is 2. The molecule has 5 nitrogen and oxygen atoms in total. The molecule has 2 aromatic carbocycles. The van der Waals surface area contributed by atoms with E-state index in [-0.39, 0.29) is 18.6 Å². The Morgan fingerprint density at radius 1 is 1.00 bits per heavy atom. The predicted octanol–water partition coefficient (Wildman–Crippen LogP) is 6.63. The summed E-state index contributed by atoms with van der Waals surface area (Å²) in [5.41, 5.74) is 2.06. The summed E-state index contributed by atoms with van der Waals surface area (Å²) in [7, 11) is 0. The number of hydrogen-bond donors (Lipinski definition) is 1. The normalized spacial score (nSPS) is 14.5. The summed E-state index contributed by atoms with van der Waals surface area (Å²) >= 11 is 12.5. The standard InChI is InChI=1S/C26H33Cl2NO4/c1-16-12-19(8-10-21(16)27)23(20-9-11-22(28)17(2)13-20)18(3)32-15-26(7,14-30)29-24(31)33-25(4,5)6/h8-14,18,23H,15H2,1-7H3,(H,29,31)/t18-,26+/m0/s1. The first-order valence-electron chi connectivity index (χ1n) is 10.9. The highest BCUT2D eigenvalue weighted by molar-refractivity contribution is 6.31. The van der Waals surface area contributed by atoms with Crippen LogP contribution in [0.3, 0.4) is 0 Å². The first-order chi connectivity index (χ1) is 15.2. The van der Waals surface area contributed by atoms with E-state index in [0.717, 1.165) is 22.3 Å². The molecule has 2 rings (SSSR count). The van der Waals surface area contributed by atoms with Gasteiger partial charge < -0.3 is 19.6 Å². The molecule has 0 saturated heterocycles. The molecule has 2 atom stereocenters. The third-order valence-corrected chi connectivity index (χ3v) is 6.09. The molecule has 180 valence electrons. The fraction of sp³-hybridized carbons (Fsp3) is 0.462. The lowest BCUT2D eigenvalue weighted by molar-refractivity contribution is -0.116. The third-order valence-electron chi connectivity index (χ3n) is 5.24. The Balaban J connectivity index is 2.29. The second kappa shape index (κ2) is 10.9. The zero-order valence-electron chi connectivity index (χ0n) is 20.3. The Hall–Kier alpha value is -2.08. The van der Waals surface area contributed by atoms with Crippen LogP contribution in [0.2, 0.25) is 10.0 Å². The van der Waals surface area contributed by atoms with Crippen LogP contribution in [-0.4, -0.2) is 36.2 Å². The van der Waals surface area contributed by atoms with Crippen LogP contribution >= 0.6 is 23.2 Å². The van der Waals surface area contributed by atoms with Gasteiger partial charge in [-0.2, -0.15) is 0 Å². The third kappa shape index (κ3) is 7.73. The summed E-state index contributed by atoms with van der Waals surface area (Å²) in [5, 5.41) is 3.99. The monoisotopic (exact) mass is 493 g/mol. The van der Waals surface area contributed by atoms with Gasteiger partial charge >= 0.3 is 6.09 Å². The number of nitrogens with one attached hydrogen (secondary N) is 1. The molecule has 0 bridgehead atoms. The Morgan fingerprint density at radius 3 is 1.88 bits per heavy atom. The maximum absolute atomic E-state index is 12.2. The minimum atomic E-state index is -1.24. The van der Waals surface area contributed by atoms with Crippen molar-refractivity contribution in [1.29, 1.82) is 0 Å². The molecule has 0 saturated carbocycles. The highest BCUT2D eigenvalue weighted by atomic mass is 35.5. The summed E-state index contributed by atoms with van der Waals surface area (Å²) in [6, 6.07) is 11.8. The van der Waals surface area contributed by atoms with Gasteiger partial charge in [0.15, 0.2) is 0 Å². The molecule has 0 heterocycles. The van der Waals surface area contributed by atoms with Crippen LogP contribution in [-0.2, 0) is 14.3 Å². The van der Waals surface area contributed by atoms with E-state index in [1.165, 1.54) is 0 Å². The first kappa shape index (κ1) is 27.2. The Kier molecular flexibility index (Phi) is 8.97. The molecule has 0 aliphatic rings. The number of halogens is 2. The Morgan fingerprint density at radius 2 is 1.48 bits per heavy atom. The van der Waals surface area contributed by atoms with E-state index in [4.69, 9.17) is 32.7 Å². The summed E-state index contributed by atoms with van der Waals surface area (Å²) < 4.78 is 11.5. The van der Waals surface area contributed by atoms with Crippen molar-refractivity contribution in [3.05, 3.63) is 68.7 Å². The fourth-order valence-electron chi connectivity index (χ4n) is 3.49. The molecule has 33 heavy (non-hydrogen) atoms. The molecule has 7 heteroatoms. The fourth-order valence-corrected chi connectivity index (χ4v) is 3.73. The minimum absolute atomic E-state index is 0.0213. The molecular weight excluding hydrogens is 461 g/mol. The van der Waals surface area contributed by atoms with Gasteiger partial charge in [0.25, 0.3) is 0 Å². The van der Waals surface area contributed by atoms with Gasteiger partial charge in [-0.25, -0.2) is 4.79 Å². The lowest BCUT2D eigenvalue weighted by atomic mass is 9.85. The topological polar surface area (TPSA) is 64.6 Å². The highest BCUT2D eigenvalue weighted by Crippen LogP contribution is 2.34. The number of carbonyl (C=O) groups is 2. The van der Waals surface area contributed by atoms with Gasteiger partial charge in [0.1, 0.15) is 17.4 Å². The maximum atomic E-state index is 12.2. The van der Waals surface area contributed by atoms with E-state index in [0.29, 0.717) is 16.3 Å². The molecule has 0 radical (unpaired) electrons. The number of hydrogen-bond acceptors (Lipinski definition) is 4. The number of carbonyl (C=O) groups excluding carboxylic acids is 2. The van der Waals surface area contributed by atoms with E-state index >= 15 is 0 Å². The van der Waals surface area contributed by atoms with Crippen molar-refractivity contribution in [1.82, 2.24) is 5.32 Å². The van der Waals surface area contributed by atoms with E-state index < -0.39 is 17.2 Å². The van der Waals surface area contributed by atoms with Crippen molar-refractivity contribution in [2.45, 2.75) is 71.6 Å². The maximum Gasteiger partial charge on any atom is 0.408 e. The van der Waals surface area contributed by atoms with Crippen LogP contribution in [0.5, 0.6) is 0 Å². The number of rotatable bonds is 8. The van der Waals surface area contributed by atoms with Gasteiger partial charge in [0.05, 0.1) is 12.7 Å². The molecule has 0 unspecified atom stereocenters. The molecular formula is C26H33Cl2NO4. The summed E-state index contributed by atoms with van der Waals surface area (Å²) in [6.45, 7) is 12.7. The number of amides is 1. The average Bonchev–Trinajstić information content (AvgIpc) is 2.70. The SMILES string of the molecule is Cc1cc(C(c2ccc(Cl)c(C)c2)[C@H](C)OC[C@@](C)(C=O)NC(=O)OC(C)(C)C)ccc1Cl. The first-order valence-corrected chi connectivity index (χ1v) is 11.6. The van der Waals surface area contributed by atoms with E-state index in [1.807, 2.05) is 57.2 Å². The molecule has 0 aliphatic carbocycles. The van der Waals surface area contributed by atoms with E-state index in [9.17, 15) is 9.59 Å². The summed E-state index contributed by atoms with van der Waals surface area (Å²) in [5.74, 6) is -0.144. The average molecular weight is 494 g/mol. The Labute approximate surface area is 206 Å². The largest absolute Gasteiger partial charge is 0.444 e. The van der Waals surface area contributed by atoms with Crippen molar-refractivity contribution >= 4 is 35.6 Å². The van der Waals surface area contributed by atoms with E-state index in [2.05, 4.69) is 5.32 Å². The quantitative estimate of drug-likeness (QED) is 0.419. The van der Waals surface area contributed by atoms with Crippen molar-refractivity contribution in [2.75, 3.05) is 6.61 Å². The van der Waals surface area contributed by atoms with Gasteiger partial charge in [-0.15, -0.1) is 0 Å². The molecule has 1 amide bonds. The summed E-state index contributed by atoms with van der Waals surface area (Å²) in [6.07, 6.45) is -0.338. The van der Waals surface area contributed by atoms with Crippen LogP contribution in [0.25, 0.3) is 0 Å². The second-order valence-corrected chi connectivity index (χ2v) is 10.5. The zero-order valence-corrected chi connectivity index (χ0v) is 21.8. The van der Waals surface area contributed by atoms with Crippen LogP contribution in [0.4, 0.5) is 4.79 Å². The molecule has 0 spiro atoms. The molecule has 2 aromatic rings. The lowest BCUT2D eigenvalue weighted by Crippen LogP contribution is -2.52. The molecule has 0 fully saturated rings. The molecule has 0 aromatic heterocycles. The van der Waals surface area contributed by atoms with Gasteiger partial charge in [0, 0.05) is 16.0 Å². The predicted molar refractivity (Wildman–Crippen MR) is 133 cm³/mol. The van der Waals surface area contributed by atoms with Crippen molar-refractivity contribution in [2.24, 2.45) is 0 Å². The number of aldehydes is 1. The highest BCUT2D eigenvalue weighted by Gasteiger charge is 2.32. The van der Waals surface area contributed by atoms with Gasteiger partial charge in [0.2, 0.25) is 0 Å².